The highest BCUT2D eigenvalue weighted by molar-refractivity contribution is 5.78. The van der Waals surface area contributed by atoms with E-state index in [4.69, 9.17) is 10.5 Å². The Labute approximate surface area is 71.7 Å². The van der Waals surface area contributed by atoms with Crippen LogP contribution in [0.1, 0.15) is 12.8 Å². The Bertz CT molecular complexity index is 195. The molecule has 2 unspecified atom stereocenters. The highest BCUT2D eigenvalue weighted by atomic mass is 16.5. The zero-order valence-corrected chi connectivity index (χ0v) is 7.03. The van der Waals surface area contributed by atoms with E-state index in [1.54, 1.807) is 0 Å². The molecule has 2 aliphatic rings. The fourth-order valence-electron chi connectivity index (χ4n) is 1.93. The molecule has 12 heavy (non-hydrogen) atoms. The van der Waals surface area contributed by atoms with Gasteiger partial charge in [-0.05, 0) is 12.8 Å². The largest absolute Gasteiger partial charge is 0.369 e. The van der Waals surface area contributed by atoms with Crippen LogP contribution in [-0.2, 0) is 9.53 Å². The normalized spacial score (nSPS) is 36.4. The van der Waals surface area contributed by atoms with Crippen molar-refractivity contribution in [3.63, 3.8) is 0 Å². The van der Waals surface area contributed by atoms with E-state index < -0.39 is 0 Å². The summed E-state index contributed by atoms with van der Waals surface area (Å²) in [5, 5.41) is 0. The van der Waals surface area contributed by atoms with Crippen LogP contribution in [0.4, 0.5) is 0 Å². The Morgan fingerprint density at radius 3 is 3.25 bits per heavy atom. The summed E-state index contributed by atoms with van der Waals surface area (Å²) in [5.74, 6) is 0.123. The van der Waals surface area contributed by atoms with E-state index in [-0.39, 0.29) is 24.6 Å². The number of ether oxygens (including phenoxy) is 1. The van der Waals surface area contributed by atoms with Crippen LogP contribution in [0.5, 0.6) is 0 Å². The first-order valence-corrected chi connectivity index (χ1v) is 4.40. The van der Waals surface area contributed by atoms with E-state index in [9.17, 15) is 4.79 Å². The first kappa shape index (κ1) is 8.01. The van der Waals surface area contributed by atoms with Gasteiger partial charge < -0.3 is 15.4 Å². The predicted molar refractivity (Wildman–Crippen MR) is 43.5 cm³/mol. The lowest BCUT2D eigenvalue weighted by atomic mass is 9.97. The Morgan fingerprint density at radius 2 is 2.42 bits per heavy atom. The van der Waals surface area contributed by atoms with E-state index in [0.717, 1.165) is 19.4 Å². The summed E-state index contributed by atoms with van der Waals surface area (Å²) in [4.78, 5) is 13.2. The second kappa shape index (κ2) is 3.03. The van der Waals surface area contributed by atoms with Crippen LogP contribution in [0.25, 0.3) is 0 Å². The minimum atomic E-state index is 0.123. The highest BCUT2D eigenvalue weighted by Crippen LogP contribution is 2.19. The molecule has 0 aliphatic carbocycles. The Balaban J connectivity index is 2.04. The number of nitrogens with two attached hydrogens (primary N) is 1. The van der Waals surface area contributed by atoms with Crippen molar-refractivity contribution in [2.45, 2.75) is 24.9 Å². The number of rotatable bonds is 0. The predicted octanol–water partition coefficient (Wildman–Crippen LogP) is -0.665. The van der Waals surface area contributed by atoms with Gasteiger partial charge in [0.25, 0.3) is 0 Å². The van der Waals surface area contributed by atoms with Gasteiger partial charge in [-0.25, -0.2) is 0 Å². The average molecular weight is 170 g/mol. The van der Waals surface area contributed by atoms with E-state index in [2.05, 4.69) is 0 Å². The number of carbonyl (C=O) groups is 1. The van der Waals surface area contributed by atoms with Gasteiger partial charge in [-0.15, -0.1) is 0 Å². The molecule has 2 rings (SSSR count). The van der Waals surface area contributed by atoms with Gasteiger partial charge in [0, 0.05) is 12.6 Å². The number of hydrogen-bond acceptors (Lipinski definition) is 3. The molecule has 0 saturated carbocycles. The number of fused-ring (bicyclic) bond motifs is 1. The number of hydrogen-bond donors (Lipinski definition) is 1. The van der Waals surface area contributed by atoms with Crippen molar-refractivity contribution >= 4 is 5.91 Å². The highest BCUT2D eigenvalue weighted by Gasteiger charge is 2.33. The summed E-state index contributed by atoms with van der Waals surface area (Å²) in [6, 6.07) is 0.496. The smallest absolute Gasteiger partial charge is 0.248 e. The van der Waals surface area contributed by atoms with Crippen molar-refractivity contribution in [3.8, 4) is 0 Å². The SMILES string of the molecule is NC1CCN2C(=O)COCC2C1. The minimum Gasteiger partial charge on any atom is -0.369 e. The summed E-state index contributed by atoms with van der Waals surface area (Å²) in [5.41, 5.74) is 5.79. The van der Waals surface area contributed by atoms with Crippen molar-refractivity contribution in [3.05, 3.63) is 0 Å². The average Bonchev–Trinajstić information content (AvgIpc) is 2.04. The van der Waals surface area contributed by atoms with Crippen molar-refractivity contribution in [1.82, 2.24) is 4.90 Å². The van der Waals surface area contributed by atoms with Crippen LogP contribution in [0, 0.1) is 0 Å². The maximum atomic E-state index is 11.3. The number of nitrogens with zero attached hydrogens (tertiary/aromatic N) is 1. The molecule has 0 aromatic carbocycles. The van der Waals surface area contributed by atoms with Gasteiger partial charge in [0.15, 0.2) is 0 Å². The van der Waals surface area contributed by atoms with E-state index in [0.29, 0.717) is 6.61 Å². The third-order valence-electron chi connectivity index (χ3n) is 2.61. The monoisotopic (exact) mass is 170 g/mol. The lowest BCUT2D eigenvalue weighted by molar-refractivity contribution is -0.150. The van der Waals surface area contributed by atoms with Crippen molar-refractivity contribution in [1.29, 1.82) is 0 Å². The van der Waals surface area contributed by atoms with Crippen LogP contribution in [-0.4, -0.2) is 42.6 Å². The van der Waals surface area contributed by atoms with Crippen molar-refractivity contribution < 1.29 is 9.53 Å². The molecule has 0 radical (unpaired) electrons. The summed E-state index contributed by atoms with van der Waals surface area (Å²) in [6.07, 6.45) is 1.83. The Kier molecular flexibility index (Phi) is 2.02. The first-order chi connectivity index (χ1) is 5.77. The molecule has 0 aromatic rings. The molecule has 2 fully saturated rings. The van der Waals surface area contributed by atoms with Gasteiger partial charge in [0.05, 0.1) is 12.6 Å². The standard InChI is InChI=1S/C8H14N2O2/c9-6-1-2-10-7(3-6)4-12-5-8(10)11/h6-7H,1-5,9H2. The molecule has 2 atom stereocenters. The van der Waals surface area contributed by atoms with Gasteiger partial charge in [-0.1, -0.05) is 0 Å². The fourth-order valence-corrected chi connectivity index (χ4v) is 1.93. The third-order valence-corrected chi connectivity index (χ3v) is 2.61. The van der Waals surface area contributed by atoms with E-state index >= 15 is 0 Å². The quantitative estimate of drug-likeness (QED) is 0.525. The summed E-state index contributed by atoms with van der Waals surface area (Å²) >= 11 is 0. The molecule has 2 heterocycles. The zero-order chi connectivity index (χ0) is 8.55. The summed E-state index contributed by atoms with van der Waals surface area (Å²) in [7, 11) is 0. The van der Waals surface area contributed by atoms with Crippen LogP contribution < -0.4 is 5.73 Å². The molecular weight excluding hydrogens is 156 g/mol. The van der Waals surface area contributed by atoms with Crippen molar-refractivity contribution in [2.75, 3.05) is 19.8 Å². The summed E-state index contributed by atoms with van der Waals surface area (Å²) < 4.78 is 5.15. The Morgan fingerprint density at radius 1 is 1.58 bits per heavy atom. The molecule has 0 spiro atoms. The maximum absolute atomic E-state index is 11.3. The molecular formula is C8H14N2O2. The second-order valence-electron chi connectivity index (χ2n) is 3.54. The molecule has 4 nitrogen and oxygen atoms in total. The number of carbonyl (C=O) groups excluding carboxylic acids is 1. The molecule has 1 amide bonds. The van der Waals surface area contributed by atoms with Gasteiger partial charge in [-0.2, -0.15) is 0 Å². The number of morpholine rings is 1. The van der Waals surface area contributed by atoms with E-state index in [1.165, 1.54) is 0 Å². The topological polar surface area (TPSA) is 55.6 Å². The maximum Gasteiger partial charge on any atom is 0.248 e. The fraction of sp³-hybridized carbons (Fsp3) is 0.875. The van der Waals surface area contributed by atoms with Gasteiger partial charge in [0.1, 0.15) is 6.61 Å². The van der Waals surface area contributed by atoms with Gasteiger partial charge >= 0.3 is 0 Å². The Hall–Kier alpha value is -0.610. The number of piperidine rings is 1. The van der Waals surface area contributed by atoms with E-state index in [1.807, 2.05) is 4.90 Å². The number of amides is 1. The lowest BCUT2D eigenvalue weighted by Gasteiger charge is -2.41. The van der Waals surface area contributed by atoms with Gasteiger partial charge in [0.2, 0.25) is 5.91 Å². The second-order valence-corrected chi connectivity index (χ2v) is 3.54. The van der Waals surface area contributed by atoms with Crippen molar-refractivity contribution in [2.24, 2.45) is 5.73 Å². The molecule has 2 saturated heterocycles. The van der Waals surface area contributed by atoms with Gasteiger partial charge in [-0.3, -0.25) is 4.79 Å². The molecule has 4 heteroatoms. The summed E-state index contributed by atoms with van der Waals surface area (Å²) in [6.45, 7) is 1.74. The lowest BCUT2D eigenvalue weighted by Crippen LogP contribution is -2.55. The molecule has 2 N–H and O–H groups in total. The molecule has 0 aromatic heterocycles. The van der Waals surface area contributed by atoms with Crippen LogP contribution in [0.2, 0.25) is 0 Å². The molecule has 2 aliphatic heterocycles. The third kappa shape index (κ3) is 1.32. The zero-order valence-electron chi connectivity index (χ0n) is 7.03. The minimum absolute atomic E-state index is 0.123. The van der Waals surface area contributed by atoms with Crippen LogP contribution in [0.15, 0.2) is 0 Å². The van der Waals surface area contributed by atoms with Crippen LogP contribution in [0.3, 0.4) is 0 Å². The van der Waals surface area contributed by atoms with Crippen LogP contribution >= 0.6 is 0 Å². The first-order valence-electron chi connectivity index (χ1n) is 4.40. The molecule has 0 bridgehead atoms. The molecule has 68 valence electrons.